The zero-order valence-corrected chi connectivity index (χ0v) is 16.9. The molecule has 1 heterocycles. The zero-order chi connectivity index (χ0) is 18.3. The van der Waals surface area contributed by atoms with Crippen molar-refractivity contribution < 1.29 is 0 Å². The van der Waals surface area contributed by atoms with E-state index in [1.807, 2.05) is 18.2 Å². The molecule has 3 nitrogen and oxygen atoms in total. The van der Waals surface area contributed by atoms with Gasteiger partial charge in [0.25, 0.3) is 0 Å². The first-order chi connectivity index (χ1) is 12.5. The fourth-order valence-corrected chi connectivity index (χ4v) is 4.74. The average Bonchev–Trinajstić information content (AvgIpc) is 3.04. The third-order valence-electron chi connectivity index (χ3n) is 4.78. The van der Waals surface area contributed by atoms with E-state index in [1.54, 1.807) is 11.8 Å². The SMILES string of the molecule is Cc1ccc(-n2c(SC[C@@H]3CC3(Cl)Cl)nnc2-c2ccccc2)cc1C. The summed E-state index contributed by atoms with van der Waals surface area (Å²) in [6.45, 7) is 4.24. The van der Waals surface area contributed by atoms with Gasteiger partial charge in [-0.05, 0) is 43.5 Å². The van der Waals surface area contributed by atoms with Crippen molar-refractivity contribution in [3.63, 3.8) is 0 Å². The summed E-state index contributed by atoms with van der Waals surface area (Å²) in [5.41, 5.74) is 4.62. The number of hydrogen-bond acceptors (Lipinski definition) is 3. The molecular formula is C20H19Cl2N3S. The van der Waals surface area contributed by atoms with Gasteiger partial charge in [-0.3, -0.25) is 4.57 Å². The van der Waals surface area contributed by atoms with Gasteiger partial charge in [0.15, 0.2) is 11.0 Å². The molecule has 0 unspecified atom stereocenters. The number of aromatic nitrogens is 3. The number of thioether (sulfide) groups is 1. The second kappa shape index (κ2) is 6.91. The molecule has 0 radical (unpaired) electrons. The minimum atomic E-state index is -0.569. The van der Waals surface area contributed by atoms with Crippen LogP contribution in [-0.2, 0) is 0 Å². The molecular weight excluding hydrogens is 385 g/mol. The molecule has 1 fully saturated rings. The average molecular weight is 404 g/mol. The van der Waals surface area contributed by atoms with Gasteiger partial charge in [-0.2, -0.15) is 0 Å². The fourth-order valence-electron chi connectivity index (χ4n) is 2.86. The second-order valence-electron chi connectivity index (χ2n) is 6.75. The molecule has 0 saturated heterocycles. The Morgan fingerprint density at radius 1 is 1.08 bits per heavy atom. The van der Waals surface area contributed by atoms with Gasteiger partial charge in [-0.15, -0.1) is 33.4 Å². The van der Waals surface area contributed by atoms with Gasteiger partial charge in [-0.25, -0.2) is 0 Å². The molecule has 3 aromatic rings. The Balaban J connectivity index is 1.74. The Kier molecular flexibility index (Phi) is 4.76. The Morgan fingerprint density at radius 3 is 2.46 bits per heavy atom. The van der Waals surface area contributed by atoms with Gasteiger partial charge in [0.05, 0.1) is 5.69 Å². The van der Waals surface area contributed by atoms with E-state index in [2.05, 4.69) is 58.9 Å². The highest BCUT2D eigenvalue weighted by atomic mass is 35.5. The summed E-state index contributed by atoms with van der Waals surface area (Å²) >= 11 is 14.0. The Bertz CT molecular complexity index is 937. The minimum absolute atomic E-state index is 0.306. The lowest BCUT2D eigenvalue weighted by atomic mass is 10.1. The van der Waals surface area contributed by atoms with Gasteiger partial charge in [0, 0.05) is 17.2 Å². The van der Waals surface area contributed by atoms with Crippen LogP contribution < -0.4 is 0 Å². The molecule has 1 atom stereocenters. The van der Waals surface area contributed by atoms with E-state index in [-0.39, 0.29) is 0 Å². The highest BCUT2D eigenvalue weighted by Crippen LogP contribution is 2.54. The normalized spacial score (nSPS) is 18.1. The summed E-state index contributed by atoms with van der Waals surface area (Å²) in [6.07, 6.45) is 0.840. The third kappa shape index (κ3) is 3.51. The van der Waals surface area contributed by atoms with Crippen molar-refractivity contribution in [1.29, 1.82) is 0 Å². The number of alkyl halides is 2. The summed E-state index contributed by atoms with van der Waals surface area (Å²) in [4.78, 5) is 0. The van der Waals surface area contributed by atoms with Crippen molar-refractivity contribution >= 4 is 35.0 Å². The van der Waals surface area contributed by atoms with E-state index in [1.165, 1.54) is 11.1 Å². The Morgan fingerprint density at radius 2 is 1.81 bits per heavy atom. The summed E-state index contributed by atoms with van der Waals surface area (Å²) in [5.74, 6) is 1.99. The van der Waals surface area contributed by atoms with E-state index in [0.717, 1.165) is 34.4 Å². The van der Waals surface area contributed by atoms with Crippen LogP contribution in [-0.4, -0.2) is 24.9 Å². The van der Waals surface area contributed by atoms with E-state index in [0.29, 0.717) is 5.92 Å². The monoisotopic (exact) mass is 403 g/mol. The lowest BCUT2D eigenvalue weighted by Crippen LogP contribution is -2.02. The largest absolute Gasteiger partial charge is 0.270 e. The molecule has 1 aliphatic carbocycles. The molecule has 0 aliphatic heterocycles. The molecule has 1 aromatic heterocycles. The molecule has 2 aromatic carbocycles. The van der Waals surface area contributed by atoms with E-state index in [9.17, 15) is 0 Å². The predicted molar refractivity (Wildman–Crippen MR) is 110 cm³/mol. The maximum atomic E-state index is 6.18. The maximum Gasteiger partial charge on any atom is 0.196 e. The Hall–Kier alpha value is -1.49. The van der Waals surface area contributed by atoms with Crippen LogP contribution >= 0.6 is 35.0 Å². The molecule has 0 amide bonds. The lowest BCUT2D eigenvalue weighted by molar-refractivity contribution is 0.876. The molecule has 134 valence electrons. The van der Waals surface area contributed by atoms with Crippen LogP contribution in [0, 0.1) is 19.8 Å². The van der Waals surface area contributed by atoms with Crippen LogP contribution in [0.25, 0.3) is 17.1 Å². The Labute approximate surface area is 167 Å². The first kappa shape index (κ1) is 17.9. The highest BCUT2D eigenvalue weighted by molar-refractivity contribution is 7.99. The van der Waals surface area contributed by atoms with Crippen molar-refractivity contribution in [3.8, 4) is 17.1 Å². The van der Waals surface area contributed by atoms with Gasteiger partial charge in [-0.1, -0.05) is 48.2 Å². The summed E-state index contributed by atoms with van der Waals surface area (Å²) in [7, 11) is 0. The van der Waals surface area contributed by atoms with E-state index >= 15 is 0 Å². The second-order valence-corrected chi connectivity index (χ2v) is 9.28. The number of benzene rings is 2. The maximum absolute atomic E-state index is 6.18. The number of halogens is 2. The smallest absolute Gasteiger partial charge is 0.196 e. The number of rotatable bonds is 5. The molecule has 0 N–H and O–H groups in total. The van der Waals surface area contributed by atoms with Crippen LogP contribution in [0.5, 0.6) is 0 Å². The molecule has 4 rings (SSSR count). The quantitative estimate of drug-likeness (QED) is 0.396. The van der Waals surface area contributed by atoms with Crippen LogP contribution in [0.15, 0.2) is 53.7 Å². The van der Waals surface area contributed by atoms with Crippen LogP contribution in [0.1, 0.15) is 17.5 Å². The summed E-state index contributed by atoms with van der Waals surface area (Å²) in [5, 5.41) is 9.80. The number of nitrogens with zero attached hydrogens (tertiary/aromatic N) is 3. The van der Waals surface area contributed by atoms with Crippen molar-refractivity contribution in [1.82, 2.24) is 14.8 Å². The molecule has 6 heteroatoms. The molecule has 0 spiro atoms. The lowest BCUT2D eigenvalue weighted by Gasteiger charge is -2.12. The van der Waals surface area contributed by atoms with Crippen molar-refractivity contribution in [2.75, 3.05) is 5.75 Å². The number of aryl methyl sites for hydroxylation is 2. The zero-order valence-electron chi connectivity index (χ0n) is 14.6. The van der Waals surface area contributed by atoms with Gasteiger partial charge < -0.3 is 0 Å². The van der Waals surface area contributed by atoms with E-state index < -0.39 is 4.33 Å². The first-order valence-corrected chi connectivity index (χ1v) is 10.3. The summed E-state index contributed by atoms with van der Waals surface area (Å²) < 4.78 is 1.56. The first-order valence-electron chi connectivity index (χ1n) is 8.55. The standard InChI is InChI=1S/C20H19Cl2N3S/c1-13-8-9-17(10-14(13)2)25-18(15-6-4-3-5-7-15)23-24-19(25)26-12-16-11-20(16,21)22/h3-10,16H,11-12H2,1-2H3/t16-/m0/s1. The topological polar surface area (TPSA) is 30.7 Å². The highest BCUT2D eigenvalue weighted by Gasteiger charge is 2.51. The molecule has 0 bridgehead atoms. The van der Waals surface area contributed by atoms with Crippen molar-refractivity contribution in [2.45, 2.75) is 29.8 Å². The van der Waals surface area contributed by atoms with Gasteiger partial charge in [0.1, 0.15) is 4.33 Å². The third-order valence-corrected chi connectivity index (χ3v) is 6.80. The van der Waals surface area contributed by atoms with Crippen molar-refractivity contribution in [3.05, 3.63) is 59.7 Å². The molecule has 1 saturated carbocycles. The van der Waals surface area contributed by atoms with Crippen molar-refractivity contribution in [2.24, 2.45) is 5.92 Å². The molecule has 1 aliphatic rings. The predicted octanol–water partition coefficient (Wildman–Crippen LogP) is 5.84. The van der Waals surface area contributed by atoms with Gasteiger partial charge in [0.2, 0.25) is 0 Å². The fraction of sp³-hybridized carbons (Fsp3) is 0.300. The van der Waals surface area contributed by atoms with Gasteiger partial charge >= 0.3 is 0 Å². The number of hydrogen-bond donors (Lipinski definition) is 0. The van der Waals surface area contributed by atoms with Crippen LogP contribution in [0.2, 0.25) is 0 Å². The van der Waals surface area contributed by atoms with Crippen LogP contribution in [0.3, 0.4) is 0 Å². The van der Waals surface area contributed by atoms with E-state index in [4.69, 9.17) is 23.2 Å². The minimum Gasteiger partial charge on any atom is -0.270 e. The molecule has 26 heavy (non-hydrogen) atoms. The summed E-state index contributed by atoms with van der Waals surface area (Å²) in [6, 6.07) is 16.6. The van der Waals surface area contributed by atoms with Crippen LogP contribution in [0.4, 0.5) is 0 Å².